The van der Waals surface area contributed by atoms with E-state index in [2.05, 4.69) is 4.98 Å². The van der Waals surface area contributed by atoms with Crippen LogP contribution in [0.4, 0.5) is 0 Å². The van der Waals surface area contributed by atoms with Crippen molar-refractivity contribution in [2.24, 2.45) is 0 Å². The Morgan fingerprint density at radius 3 is 2.06 bits per heavy atom. The van der Waals surface area contributed by atoms with Gasteiger partial charge in [-0.2, -0.15) is 0 Å². The molecule has 6 nitrogen and oxygen atoms in total. The number of benzene rings is 3. The first kappa shape index (κ1) is 22.6. The third kappa shape index (κ3) is 4.60. The first-order valence-corrected chi connectivity index (χ1v) is 11.6. The van der Waals surface area contributed by atoms with Crippen molar-refractivity contribution in [3.05, 3.63) is 114 Å². The first-order chi connectivity index (χ1) is 17.2. The van der Waals surface area contributed by atoms with Crippen LogP contribution < -0.4 is 0 Å². The molecule has 1 fully saturated rings. The van der Waals surface area contributed by atoms with Gasteiger partial charge in [0.05, 0.1) is 25.1 Å². The Morgan fingerprint density at radius 1 is 0.914 bits per heavy atom. The van der Waals surface area contributed by atoms with Gasteiger partial charge in [-0.15, -0.1) is 0 Å². The number of esters is 1. The number of methoxy groups -OCH3 is 1. The molecule has 0 radical (unpaired) electrons. The molecule has 0 N–H and O–H groups in total. The SMILES string of the molecule is COC(=O)[C@@H]1C[C@H](c2ncc(-c3ccccc3)o2)CN1C(=O)C(c1ccccc1)c1ccccc1. The molecule has 2 atom stereocenters. The fourth-order valence-electron chi connectivity index (χ4n) is 4.76. The van der Waals surface area contributed by atoms with E-state index >= 15 is 0 Å². The Morgan fingerprint density at radius 2 is 1.49 bits per heavy atom. The molecule has 0 unspecified atom stereocenters. The van der Waals surface area contributed by atoms with Crippen LogP contribution in [0, 0.1) is 0 Å². The van der Waals surface area contributed by atoms with E-state index in [4.69, 9.17) is 9.15 Å². The first-order valence-electron chi connectivity index (χ1n) is 11.6. The van der Waals surface area contributed by atoms with Crippen LogP contribution in [0.1, 0.15) is 35.3 Å². The summed E-state index contributed by atoms with van der Waals surface area (Å²) in [6.45, 7) is 0.323. The van der Waals surface area contributed by atoms with Crippen LogP contribution in [0.2, 0.25) is 0 Å². The van der Waals surface area contributed by atoms with Crippen molar-refractivity contribution < 1.29 is 18.7 Å². The standard InChI is InChI=1S/C29H26N2O4/c1-34-29(33)24-17-23(27-30-18-25(35-27)20-11-5-2-6-12-20)19-31(24)28(32)26(21-13-7-3-8-14-21)22-15-9-4-10-16-22/h2-16,18,23-24,26H,17,19H2,1H3/t23-,24-/m0/s1. The summed E-state index contributed by atoms with van der Waals surface area (Å²) < 4.78 is 11.2. The van der Waals surface area contributed by atoms with Crippen LogP contribution in [-0.4, -0.2) is 41.5 Å². The van der Waals surface area contributed by atoms with E-state index in [0.29, 0.717) is 24.6 Å². The van der Waals surface area contributed by atoms with Gasteiger partial charge in [0.1, 0.15) is 6.04 Å². The van der Waals surface area contributed by atoms with Gasteiger partial charge in [-0.25, -0.2) is 9.78 Å². The quantitative estimate of drug-likeness (QED) is 0.373. The molecule has 0 bridgehead atoms. The van der Waals surface area contributed by atoms with Gasteiger partial charge in [0.15, 0.2) is 11.7 Å². The topological polar surface area (TPSA) is 72.6 Å². The average Bonchev–Trinajstić information content (AvgIpc) is 3.58. The van der Waals surface area contributed by atoms with Crippen molar-refractivity contribution in [2.75, 3.05) is 13.7 Å². The zero-order chi connectivity index (χ0) is 24.2. The number of nitrogens with zero attached hydrogens (tertiary/aromatic N) is 2. The minimum atomic E-state index is -0.709. The highest BCUT2D eigenvalue weighted by molar-refractivity contribution is 5.91. The van der Waals surface area contributed by atoms with Gasteiger partial charge in [0, 0.05) is 12.1 Å². The Kier molecular flexibility index (Phi) is 6.44. The largest absolute Gasteiger partial charge is 0.467 e. The number of carbonyl (C=O) groups excluding carboxylic acids is 2. The molecular weight excluding hydrogens is 440 g/mol. The Hall–Kier alpha value is -4.19. The second kappa shape index (κ2) is 9.97. The van der Waals surface area contributed by atoms with E-state index < -0.39 is 17.9 Å². The van der Waals surface area contributed by atoms with E-state index in [1.807, 2.05) is 91.0 Å². The highest BCUT2D eigenvalue weighted by atomic mass is 16.5. The fraction of sp³-hybridized carbons (Fsp3) is 0.207. The molecule has 1 amide bonds. The molecule has 35 heavy (non-hydrogen) atoms. The van der Waals surface area contributed by atoms with Crippen LogP contribution in [0.5, 0.6) is 0 Å². The van der Waals surface area contributed by atoms with E-state index in [-0.39, 0.29) is 11.8 Å². The lowest BCUT2D eigenvalue weighted by Gasteiger charge is -2.28. The summed E-state index contributed by atoms with van der Waals surface area (Å²) in [5.41, 5.74) is 2.67. The lowest BCUT2D eigenvalue weighted by molar-refractivity contribution is -0.151. The van der Waals surface area contributed by atoms with Crippen molar-refractivity contribution in [1.29, 1.82) is 0 Å². The molecule has 0 spiro atoms. The average molecular weight is 467 g/mol. The number of hydrogen-bond acceptors (Lipinski definition) is 5. The lowest BCUT2D eigenvalue weighted by atomic mass is 9.90. The van der Waals surface area contributed by atoms with Crippen molar-refractivity contribution in [3.63, 3.8) is 0 Å². The highest BCUT2D eigenvalue weighted by Crippen LogP contribution is 2.37. The van der Waals surface area contributed by atoms with Crippen LogP contribution in [0.25, 0.3) is 11.3 Å². The highest BCUT2D eigenvalue weighted by Gasteiger charge is 2.44. The number of likely N-dealkylation sites (tertiary alicyclic amines) is 1. The molecule has 3 aromatic carbocycles. The van der Waals surface area contributed by atoms with E-state index in [9.17, 15) is 9.59 Å². The smallest absolute Gasteiger partial charge is 0.328 e. The number of rotatable bonds is 6. The maximum Gasteiger partial charge on any atom is 0.328 e. The summed E-state index contributed by atoms with van der Waals surface area (Å²) >= 11 is 0. The molecule has 1 saturated heterocycles. The van der Waals surface area contributed by atoms with E-state index in [1.165, 1.54) is 7.11 Å². The van der Waals surface area contributed by atoms with Gasteiger partial charge in [0.25, 0.3) is 0 Å². The van der Waals surface area contributed by atoms with Crippen molar-refractivity contribution in [2.45, 2.75) is 24.3 Å². The van der Waals surface area contributed by atoms with Crippen LogP contribution in [-0.2, 0) is 14.3 Å². The number of aromatic nitrogens is 1. The number of carbonyl (C=O) groups is 2. The van der Waals surface area contributed by atoms with E-state index in [0.717, 1.165) is 16.7 Å². The van der Waals surface area contributed by atoms with Crippen molar-refractivity contribution in [3.8, 4) is 11.3 Å². The number of oxazole rings is 1. The van der Waals surface area contributed by atoms with Gasteiger partial charge in [-0.1, -0.05) is 91.0 Å². The van der Waals surface area contributed by atoms with Crippen LogP contribution in [0.3, 0.4) is 0 Å². The monoisotopic (exact) mass is 466 g/mol. The van der Waals surface area contributed by atoms with Gasteiger partial charge in [-0.3, -0.25) is 4.79 Å². The maximum absolute atomic E-state index is 14.0. The summed E-state index contributed by atoms with van der Waals surface area (Å²) in [4.78, 5) is 32.9. The minimum Gasteiger partial charge on any atom is -0.467 e. The summed E-state index contributed by atoms with van der Waals surface area (Å²) in [7, 11) is 1.35. The molecule has 1 aliphatic heterocycles. The van der Waals surface area contributed by atoms with Crippen LogP contribution >= 0.6 is 0 Å². The van der Waals surface area contributed by atoms with Gasteiger partial charge < -0.3 is 14.1 Å². The van der Waals surface area contributed by atoms with E-state index in [1.54, 1.807) is 11.1 Å². The molecule has 0 aliphatic carbocycles. The molecule has 1 aromatic heterocycles. The molecule has 176 valence electrons. The molecule has 5 rings (SSSR count). The number of hydrogen-bond donors (Lipinski definition) is 0. The van der Waals surface area contributed by atoms with Crippen molar-refractivity contribution >= 4 is 11.9 Å². The zero-order valence-electron chi connectivity index (χ0n) is 19.4. The second-order valence-electron chi connectivity index (χ2n) is 8.65. The van der Waals surface area contributed by atoms with Crippen LogP contribution in [0.15, 0.2) is 102 Å². The second-order valence-corrected chi connectivity index (χ2v) is 8.65. The summed E-state index contributed by atoms with van der Waals surface area (Å²) in [5.74, 6) is -0.151. The molecule has 6 heteroatoms. The van der Waals surface area contributed by atoms with Gasteiger partial charge in [0.2, 0.25) is 5.91 Å². The van der Waals surface area contributed by atoms with Gasteiger partial charge >= 0.3 is 5.97 Å². The predicted octanol–water partition coefficient (Wildman–Crippen LogP) is 5.03. The minimum absolute atomic E-state index is 0.143. The third-order valence-electron chi connectivity index (χ3n) is 6.50. The third-order valence-corrected chi connectivity index (χ3v) is 6.50. The predicted molar refractivity (Wildman–Crippen MR) is 132 cm³/mol. The Balaban J connectivity index is 1.47. The maximum atomic E-state index is 14.0. The summed E-state index contributed by atoms with van der Waals surface area (Å²) in [6.07, 6.45) is 2.09. The molecule has 4 aromatic rings. The molecule has 1 aliphatic rings. The molecule has 2 heterocycles. The lowest BCUT2D eigenvalue weighted by Crippen LogP contribution is -2.43. The fourth-order valence-corrected chi connectivity index (χ4v) is 4.76. The van der Waals surface area contributed by atoms with Gasteiger partial charge in [-0.05, 0) is 17.5 Å². The Labute approximate surface area is 204 Å². The summed E-state index contributed by atoms with van der Waals surface area (Å²) in [5, 5.41) is 0. The molecular formula is C29H26N2O4. The summed E-state index contributed by atoms with van der Waals surface area (Å²) in [6, 6.07) is 28.3. The molecule has 0 saturated carbocycles. The zero-order valence-corrected chi connectivity index (χ0v) is 19.4. The number of ether oxygens (including phenoxy) is 1. The van der Waals surface area contributed by atoms with Crippen molar-refractivity contribution in [1.82, 2.24) is 9.88 Å². The Bertz CT molecular complexity index is 1250. The number of amides is 1. The normalized spacial score (nSPS) is 17.5.